The molecule has 0 unspecified atom stereocenters. The standard InChI is InChI=1S/2C8H12O/c2*1-7(9)8-5-3-2-4-6-8/h2*5H,2-4,6H2,1H3. The maximum atomic E-state index is 10.7. The highest BCUT2D eigenvalue weighted by atomic mass is 16.1. The molecule has 2 aliphatic carbocycles. The number of allylic oxidation sites excluding steroid dienone is 4. The van der Waals surface area contributed by atoms with E-state index in [0.717, 1.165) is 36.8 Å². The molecule has 0 aromatic rings. The average Bonchev–Trinajstić information content (AvgIpc) is 2.41. The van der Waals surface area contributed by atoms with Crippen molar-refractivity contribution in [2.24, 2.45) is 0 Å². The van der Waals surface area contributed by atoms with Crippen LogP contribution in [0.5, 0.6) is 0 Å². The van der Waals surface area contributed by atoms with Gasteiger partial charge in [-0.05, 0) is 76.4 Å². The van der Waals surface area contributed by atoms with Gasteiger partial charge in [-0.3, -0.25) is 9.59 Å². The number of carbonyl (C=O) groups excluding carboxylic acids is 2. The lowest BCUT2D eigenvalue weighted by Gasteiger charge is -2.07. The van der Waals surface area contributed by atoms with E-state index in [4.69, 9.17) is 0 Å². The molecule has 2 aliphatic rings. The Morgan fingerprint density at radius 3 is 1.33 bits per heavy atom. The van der Waals surface area contributed by atoms with Crippen LogP contribution in [-0.2, 0) is 9.59 Å². The zero-order valence-corrected chi connectivity index (χ0v) is 11.6. The lowest BCUT2D eigenvalue weighted by atomic mass is 9.97. The molecule has 2 heteroatoms. The first-order chi connectivity index (χ1) is 8.61. The second-order valence-corrected chi connectivity index (χ2v) is 5.06. The summed E-state index contributed by atoms with van der Waals surface area (Å²) in [7, 11) is 0. The predicted octanol–water partition coefficient (Wildman–Crippen LogP) is 4.15. The SMILES string of the molecule is CC(=O)C1=CCCCC1.CC(=O)C1=CCCCC1. The first-order valence-electron chi connectivity index (χ1n) is 7.01. The molecule has 0 radical (unpaired) electrons. The van der Waals surface area contributed by atoms with E-state index in [-0.39, 0.29) is 11.6 Å². The van der Waals surface area contributed by atoms with Gasteiger partial charge in [-0.15, -0.1) is 0 Å². The van der Waals surface area contributed by atoms with Gasteiger partial charge in [0.05, 0.1) is 0 Å². The van der Waals surface area contributed by atoms with Crippen molar-refractivity contribution in [1.82, 2.24) is 0 Å². The fourth-order valence-electron chi connectivity index (χ4n) is 2.32. The van der Waals surface area contributed by atoms with Gasteiger partial charge >= 0.3 is 0 Å². The Labute approximate surface area is 110 Å². The van der Waals surface area contributed by atoms with Crippen LogP contribution in [0.3, 0.4) is 0 Å². The largest absolute Gasteiger partial charge is 0.295 e. The van der Waals surface area contributed by atoms with Crippen LogP contribution < -0.4 is 0 Å². The van der Waals surface area contributed by atoms with Crippen molar-refractivity contribution in [3.8, 4) is 0 Å². The van der Waals surface area contributed by atoms with Gasteiger partial charge in [-0.1, -0.05) is 12.2 Å². The van der Waals surface area contributed by atoms with E-state index >= 15 is 0 Å². The Morgan fingerprint density at radius 1 is 0.778 bits per heavy atom. The number of hydrogen-bond donors (Lipinski definition) is 0. The van der Waals surface area contributed by atoms with Crippen LogP contribution >= 0.6 is 0 Å². The van der Waals surface area contributed by atoms with Crippen molar-refractivity contribution < 1.29 is 9.59 Å². The van der Waals surface area contributed by atoms with E-state index in [1.54, 1.807) is 13.8 Å². The second-order valence-electron chi connectivity index (χ2n) is 5.06. The lowest BCUT2D eigenvalue weighted by Crippen LogP contribution is -2.00. The highest BCUT2D eigenvalue weighted by molar-refractivity contribution is 5.93. The molecule has 100 valence electrons. The Kier molecular flexibility index (Phi) is 6.63. The quantitative estimate of drug-likeness (QED) is 0.735. The molecule has 0 spiro atoms. The Hall–Kier alpha value is -1.18. The highest BCUT2D eigenvalue weighted by Crippen LogP contribution is 2.17. The van der Waals surface area contributed by atoms with E-state index < -0.39 is 0 Å². The van der Waals surface area contributed by atoms with Gasteiger partial charge in [0.2, 0.25) is 0 Å². The summed E-state index contributed by atoms with van der Waals surface area (Å²) >= 11 is 0. The molecule has 18 heavy (non-hydrogen) atoms. The van der Waals surface area contributed by atoms with Crippen molar-refractivity contribution in [3.63, 3.8) is 0 Å². The first kappa shape index (κ1) is 14.9. The monoisotopic (exact) mass is 248 g/mol. The Bertz CT molecular complexity index is 325. The van der Waals surface area contributed by atoms with Crippen molar-refractivity contribution in [2.75, 3.05) is 0 Å². The van der Waals surface area contributed by atoms with Crippen LogP contribution in [-0.4, -0.2) is 11.6 Å². The predicted molar refractivity (Wildman–Crippen MR) is 74.5 cm³/mol. The van der Waals surface area contributed by atoms with Crippen molar-refractivity contribution >= 4 is 11.6 Å². The number of rotatable bonds is 2. The van der Waals surface area contributed by atoms with Gasteiger partial charge in [-0.2, -0.15) is 0 Å². The minimum absolute atomic E-state index is 0.259. The molecular formula is C16H24O2. The van der Waals surface area contributed by atoms with Crippen LogP contribution in [0.15, 0.2) is 23.3 Å². The third-order valence-electron chi connectivity index (χ3n) is 3.49. The minimum atomic E-state index is 0.259. The van der Waals surface area contributed by atoms with E-state index in [1.807, 2.05) is 0 Å². The third kappa shape index (κ3) is 5.44. The molecule has 0 aromatic heterocycles. The van der Waals surface area contributed by atoms with E-state index in [2.05, 4.69) is 12.2 Å². The third-order valence-corrected chi connectivity index (χ3v) is 3.49. The van der Waals surface area contributed by atoms with E-state index in [9.17, 15) is 9.59 Å². The number of Topliss-reactive ketones (excluding diaryl/α,β-unsaturated/α-hetero) is 2. The molecule has 0 saturated heterocycles. The summed E-state index contributed by atoms with van der Waals surface area (Å²) in [5.41, 5.74) is 2.09. The van der Waals surface area contributed by atoms with Gasteiger partial charge in [-0.25, -0.2) is 0 Å². The fourth-order valence-corrected chi connectivity index (χ4v) is 2.32. The second kappa shape index (κ2) is 8.02. The summed E-state index contributed by atoms with van der Waals surface area (Å²) in [6.45, 7) is 3.30. The van der Waals surface area contributed by atoms with Crippen LogP contribution in [0.4, 0.5) is 0 Å². The molecule has 0 aromatic carbocycles. The highest BCUT2D eigenvalue weighted by Gasteiger charge is 2.06. The zero-order valence-electron chi connectivity index (χ0n) is 11.6. The number of carbonyl (C=O) groups is 2. The molecule has 2 rings (SSSR count). The van der Waals surface area contributed by atoms with E-state index in [1.165, 1.54) is 25.7 Å². The first-order valence-corrected chi connectivity index (χ1v) is 7.01. The smallest absolute Gasteiger partial charge is 0.155 e. The molecular weight excluding hydrogens is 224 g/mol. The molecule has 0 N–H and O–H groups in total. The summed E-state index contributed by atoms with van der Waals surface area (Å²) in [6.07, 6.45) is 13.3. The van der Waals surface area contributed by atoms with Crippen molar-refractivity contribution in [2.45, 2.75) is 65.2 Å². The van der Waals surface area contributed by atoms with Crippen molar-refractivity contribution in [3.05, 3.63) is 23.3 Å². The summed E-state index contributed by atoms with van der Waals surface area (Å²) in [4.78, 5) is 21.5. The maximum absolute atomic E-state index is 10.7. The molecule has 2 nitrogen and oxygen atoms in total. The zero-order chi connectivity index (χ0) is 13.4. The van der Waals surface area contributed by atoms with Crippen molar-refractivity contribution in [1.29, 1.82) is 0 Å². The topological polar surface area (TPSA) is 34.1 Å². The molecule has 0 atom stereocenters. The summed E-state index contributed by atoms with van der Waals surface area (Å²) < 4.78 is 0. The van der Waals surface area contributed by atoms with Gasteiger partial charge in [0, 0.05) is 0 Å². The number of hydrogen-bond acceptors (Lipinski definition) is 2. The van der Waals surface area contributed by atoms with Crippen LogP contribution in [0.2, 0.25) is 0 Å². The molecule has 0 saturated carbocycles. The van der Waals surface area contributed by atoms with Crippen LogP contribution in [0.25, 0.3) is 0 Å². The molecule has 0 amide bonds. The molecule has 0 heterocycles. The summed E-state index contributed by atoms with van der Waals surface area (Å²) in [5.74, 6) is 0.518. The van der Waals surface area contributed by atoms with Gasteiger partial charge in [0.25, 0.3) is 0 Å². The lowest BCUT2D eigenvalue weighted by molar-refractivity contribution is -0.114. The van der Waals surface area contributed by atoms with Gasteiger partial charge in [0.15, 0.2) is 11.6 Å². The molecule has 0 bridgehead atoms. The Balaban J connectivity index is 0.000000180. The molecule has 0 fully saturated rings. The Morgan fingerprint density at radius 2 is 1.17 bits per heavy atom. The van der Waals surface area contributed by atoms with E-state index in [0.29, 0.717) is 0 Å². The van der Waals surface area contributed by atoms with Gasteiger partial charge in [0.1, 0.15) is 0 Å². The summed E-state index contributed by atoms with van der Waals surface area (Å²) in [5, 5.41) is 0. The summed E-state index contributed by atoms with van der Waals surface area (Å²) in [6, 6.07) is 0. The molecule has 0 aliphatic heterocycles. The maximum Gasteiger partial charge on any atom is 0.155 e. The minimum Gasteiger partial charge on any atom is -0.295 e. The van der Waals surface area contributed by atoms with Crippen LogP contribution in [0.1, 0.15) is 65.2 Å². The normalized spacial score (nSPS) is 19.0. The number of ketones is 2. The van der Waals surface area contributed by atoms with Gasteiger partial charge < -0.3 is 0 Å². The van der Waals surface area contributed by atoms with Crippen LogP contribution in [0, 0.1) is 0 Å². The fraction of sp³-hybridized carbons (Fsp3) is 0.625. The average molecular weight is 248 g/mol.